The molecule has 7 heteroatoms. The summed E-state index contributed by atoms with van der Waals surface area (Å²) in [6, 6.07) is 1.53. The maximum absolute atomic E-state index is 11.9. The first-order valence-corrected chi connectivity index (χ1v) is 6.39. The molecule has 0 aliphatic carbocycles. The Morgan fingerprint density at radius 2 is 2.47 bits per heavy atom. The van der Waals surface area contributed by atoms with E-state index in [9.17, 15) is 9.90 Å². The molecule has 0 spiro atoms. The summed E-state index contributed by atoms with van der Waals surface area (Å²) in [5, 5.41) is 10.3. The number of hydrogen-bond acceptors (Lipinski definition) is 6. The summed E-state index contributed by atoms with van der Waals surface area (Å²) in [6.07, 6.45) is 0.877. The molecule has 1 unspecified atom stereocenters. The summed E-state index contributed by atoms with van der Waals surface area (Å²) in [6.45, 7) is 2.47. The molecule has 0 saturated carbocycles. The molecule has 0 amide bonds. The minimum absolute atomic E-state index is 0.161. The second-order valence-corrected chi connectivity index (χ2v) is 5.00. The molecule has 1 aromatic heterocycles. The van der Waals surface area contributed by atoms with Crippen LogP contribution in [0.15, 0.2) is 17.1 Å². The Kier molecular flexibility index (Phi) is 2.84. The first kappa shape index (κ1) is 12.6. The van der Waals surface area contributed by atoms with Gasteiger partial charge < -0.3 is 20.3 Å². The van der Waals surface area contributed by atoms with E-state index in [1.165, 1.54) is 16.8 Å². The van der Waals surface area contributed by atoms with Crippen molar-refractivity contribution >= 4 is 5.82 Å². The molecule has 0 radical (unpaired) electrons. The number of fused-ring (bicyclic) bond motifs is 2. The average molecular weight is 267 g/mol. The molecule has 19 heavy (non-hydrogen) atoms. The lowest BCUT2D eigenvalue weighted by molar-refractivity contribution is -0.123. The molecule has 2 saturated heterocycles. The van der Waals surface area contributed by atoms with E-state index >= 15 is 0 Å². The van der Waals surface area contributed by atoms with E-state index in [1.54, 1.807) is 0 Å². The maximum atomic E-state index is 11.9. The fourth-order valence-corrected chi connectivity index (χ4v) is 2.88. The van der Waals surface area contributed by atoms with Crippen LogP contribution in [-0.2, 0) is 9.47 Å². The molecule has 7 nitrogen and oxygen atoms in total. The van der Waals surface area contributed by atoms with Crippen molar-refractivity contribution in [1.82, 2.24) is 9.55 Å². The van der Waals surface area contributed by atoms with Crippen LogP contribution in [0.25, 0.3) is 0 Å². The van der Waals surface area contributed by atoms with Gasteiger partial charge in [0.25, 0.3) is 0 Å². The van der Waals surface area contributed by atoms with E-state index in [0.29, 0.717) is 19.4 Å². The van der Waals surface area contributed by atoms with Gasteiger partial charge in [-0.15, -0.1) is 0 Å². The Morgan fingerprint density at radius 3 is 3.11 bits per heavy atom. The summed E-state index contributed by atoms with van der Waals surface area (Å²) >= 11 is 0. The SMILES string of the molecule is CC[C@@]12CCOC([C@H](n3ccc(N)nc3=O)O1)[C@H]2O. The van der Waals surface area contributed by atoms with Crippen molar-refractivity contribution in [3.05, 3.63) is 22.7 Å². The Hall–Kier alpha value is -1.44. The van der Waals surface area contributed by atoms with E-state index < -0.39 is 29.7 Å². The quantitative estimate of drug-likeness (QED) is 0.760. The molecule has 3 heterocycles. The number of aliphatic hydroxyl groups is 1. The van der Waals surface area contributed by atoms with Gasteiger partial charge in [-0.3, -0.25) is 4.57 Å². The van der Waals surface area contributed by atoms with E-state index in [0.717, 1.165) is 0 Å². The topological polar surface area (TPSA) is 99.6 Å². The second kappa shape index (κ2) is 4.29. The lowest BCUT2D eigenvalue weighted by Crippen LogP contribution is -2.48. The fraction of sp³-hybridized carbons (Fsp3) is 0.667. The highest BCUT2D eigenvalue weighted by molar-refractivity contribution is 5.23. The van der Waals surface area contributed by atoms with Gasteiger partial charge in [0.1, 0.15) is 23.6 Å². The number of anilines is 1. The van der Waals surface area contributed by atoms with E-state index in [1.807, 2.05) is 6.92 Å². The number of hydrogen-bond donors (Lipinski definition) is 2. The third kappa shape index (κ3) is 1.77. The van der Waals surface area contributed by atoms with Crippen LogP contribution in [-0.4, -0.2) is 39.1 Å². The van der Waals surface area contributed by atoms with Crippen LogP contribution in [0.4, 0.5) is 5.82 Å². The van der Waals surface area contributed by atoms with Crippen LogP contribution in [0, 0.1) is 0 Å². The largest absolute Gasteiger partial charge is 0.387 e. The van der Waals surface area contributed by atoms with Crippen LogP contribution in [0.2, 0.25) is 0 Å². The molecule has 104 valence electrons. The van der Waals surface area contributed by atoms with Crippen molar-refractivity contribution in [2.24, 2.45) is 0 Å². The summed E-state index contributed by atoms with van der Waals surface area (Å²) in [7, 11) is 0. The highest BCUT2D eigenvalue weighted by Crippen LogP contribution is 2.45. The third-order valence-corrected chi connectivity index (χ3v) is 4.05. The van der Waals surface area contributed by atoms with Crippen molar-refractivity contribution < 1.29 is 14.6 Å². The van der Waals surface area contributed by atoms with Crippen molar-refractivity contribution in [2.45, 2.75) is 43.8 Å². The zero-order valence-corrected chi connectivity index (χ0v) is 10.7. The van der Waals surface area contributed by atoms with Crippen molar-refractivity contribution in [2.75, 3.05) is 12.3 Å². The van der Waals surface area contributed by atoms with E-state index in [4.69, 9.17) is 15.2 Å². The van der Waals surface area contributed by atoms with Gasteiger partial charge in [0.15, 0.2) is 6.23 Å². The van der Waals surface area contributed by atoms with Crippen LogP contribution in [0.5, 0.6) is 0 Å². The highest BCUT2D eigenvalue weighted by atomic mass is 16.6. The number of nitrogens with zero attached hydrogens (tertiary/aromatic N) is 2. The number of nitrogen functional groups attached to an aromatic ring is 1. The van der Waals surface area contributed by atoms with Gasteiger partial charge in [0.2, 0.25) is 0 Å². The molecule has 2 aliphatic heterocycles. The van der Waals surface area contributed by atoms with Gasteiger partial charge in [-0.05, 0) is 12.5 Å². The molecule has 0 aromatic carbocycles. The minimum atomic E-state index is -0.735. The summed E-state index contributed by atoms with van der Waals surface area (Å²) in [4.78, 5) is 15.5. The average Bonchev–Trinajstić information content (AvgIpc) is 2.56. The molecule has 3 rings (SSSR count). The smallest absolute Gasteiger partial charge is 0.351 e. The van der Waals surface area contributed by atoms with Gasteiger partial charge in [0.05, 0.1) is 6.61 Å². The van der Waals surface area contributed by atoms with Crippen LogP contribution in [0.3, 0.4) is 0 Å². The number of aromatic nitrogens is 2. The second-order valence-electron chi connectivity index (χ2n) is 5.00. The highest BCUT2D eigenvalue weighted by Gasteiger charge is 2.57. The normalized spacial score (nSPS) is 37.5. The lowest BCUT2D eigenvalue weighted by Gasteiger charge is -2.34. The molecule has 3 N–H and O–H groups in total. The summed E-state index contributed by atoms with van der Waals surface area (Å²) < 4.78 is 12.8. The predicted octanol–water partition coefficient (Wildman–Crippen LogP) is -0.347. The zero-order chi connectivity index (χ0) is 13.6. The van der Waals surface area contributed by atoms with Gasteiger partial charge >= 0.3 is 5.69 Å². The van der Waals surface area contributed by atoms with Gasteiger partial charge in [0, 0.05) is 12.6 Å². The van der Waals surface area contributed by atoms with Crippen LogP contribution < -0.4 is 11.4 Å². The molecular formula is C12H17N3O4. The van der Waals surface area contributed by atoms with Gasteiger partial charge in [-0.25, -0.2) is 4.79 Å². The third-order valence-electron chi connectivity index (χ3n) is 4.05. The molecule has 1 aromatic rings. The maximum Gasteiger partial charge on any atom is 0.351 e. The molecular weight excluding hydrogens is 250 g/mol. The standard InChI is InChI=1S/C12H17N3O4/c1-2-12-4-6-18-8(9(12)16)10(19-12)15-5-3-7(13)14-11(15)17/h3,5,8-10,16H,2,4,6H2,1H3,(H2,13,14,17)/t8?,9-,10-,12+/m1/s1. The molecule has 4 atom stereocenters. The predicted molar refractivity (Wildman–Crippen MR) is 66.4 cm³/mol. The van der Waals surface area contributed by atoms with Gasteiger partial charge in [-0.2, -0.15) is 4.98 Å². The number of rotatable bonds is 2. The van der Waals surface area contributed by atoms with Crippen LogP contribution in [0.1, 0.15) is 26.0 Å². The monoisotopic (exact) mass is 267 g/mol. The van der Waals surface area contributed by atoms with Crippen LogP contribution >= 0.6 is 0 Å². The number of ether oxygens (including phenoxy) is 2. The van der Waals surface area contributed by atoms with E-state index in [2.05, 4.69) is 4.98 Å². The summed E-state index contributed by atoms with van der Waals surface area (Å²) in [5.41, 5.74) is 4.34. The lowest BCUT2D eigenvalue weighted by atomic mass is 9.87. The van der Waals surface area contributed by atoms with Crippen molar-refractivity contribution in [3.8, 4) is 0 Å². The fourth-order valence-electron chi connectivity index (χ4n) is 2.88. The Labute approximate surface area is 110 Å². The summed E-state index contributed by atoms with van der Waals surface area (Å²) in [5.74, 6) is 0.161. The first-order chi connectivity index (χ1) is 9.07. The Bertz CT molecular complexity index is 546. The number of nitrogens with two attached hydrogens (primary N) is 1. The van der Waals surface area contributed by atoms with Gasteiger partial charge in [-0.1, -0.05) is 6.92 Å². The van der Waals surface area contributed by atoms with E-state index in [-0.39, 0.29) is 5.82 Å². The first-order valence-electron chi connectivity index (χ1n) is 6.39. The Morgan fingerprint density at radius 1 is 1.68 bits per heavy atom. The Balaban J connectivity index is 2.01. The zero-order valence-electron chi connectivity index (χ0n) is 10.7. The van der Waals surface area contributed by atoms with Crippen molar-refractivity contribution in [1.29, 1.82) is 0 Å². The number of aliphatic hydroxyl groups excluding tert-OH is 1. The molecule has 2 aliphatic rings. The minimum Gasteiger partial charge on any atom is -0.387 e. The molecule has 2 bridgehead atoms. The van der Waals surface area contributed by atoms with Crippen molar-refractivity contribution in [3.63, 3.8) is 0 Å². The molecule has 2 fully saturated rings.